The molecule has 3 N–H and O–H groups in total. The van der Waals surface area contributed by atoms with Crippen LogP contribution in [0.2, 0.25) is 5.02 Å². The van der Waals surface area contributed by atoms with Gasteiger partial charge in [0.15, 0.2) is 0 Å². The van der Waals surface area contributed by atoms with Crippen molar-refractivity contribution < 1.29 is 4.79 Å². The van der Waals surface area contributed by atoms with Crippen molar-refractivity contribution in [3.63, 3.8) is 0 Å². The van der Waals surface area contributed by atoms with Crippen LogP contribution in [0.1, 0.15) is 21.5 Å². The predicted molar refractivity (Wildman–Crippen MR) is 87.4 cm³/mol. The fraction of sp³-hybridized carbons (Fsp3) is 0.133. The van der Waals surface area contributed by atoms with Crippen LogP contribution in [0.4, 0.5) is 11.4 Å². The molecule has 5 heteroatoms. The standard InChI is InChI=1S/C15H14BrClN2O/c1-8-5-12(16)14(13(18)6-8)19-15(20)11-4-3-10(17)7-9(11)2/h3-7H,18H2,1-2H3,(H,19,20). The molecule has 0 aliphatic rings. The van der Waals surface area contributed by atoms with Gasteiger partial charge in [0.1, 0.15) is 0 Å². The van der Waals surface area contributed by atoms with Gasteiger partial charge in [-0.3, -0.25) is 4.79 Å². The van der Waals surface area contributed by atoms with Gasteiger partial charge in [0.2, 0.25) is 0 Å². The first kappa shape index (κ1) is 14.9. The number of aryl methyl sites for hydroxylation is 2. The van der Waals surface area contributed by atoms with Gasteiger partial charge in [-0.15, -0.1) is 0 Å². The average Bonchev–Trinajstić information content (AvgIpc) is 2.33. The Bertz CT molecular complexity index is 663. The zero-order chi connectivity index (χ0) is 14.9. The molecule has 0 unspecified atom stereocenters. The first-order chi connectivity index (χ1) is 9.38. The number of anilines is 2. The topological polar surface area (TPSA) is 55.1 Å². The Balaban J connectivity index is 2.33. The predicted octanol–water partition coefficient (Wildman–Crippen LogP) is 4.55. The van der Waals surface area contributed by atoms with E-state index in [-0.39, 0.29) is 5.91 Å². The van der Waals surface area contributed by atoms with E-state index < -0.39 is 0 Å². The Morgan fingerprint density at radius 2 is 1.95 bits per heavy atom. The third-order valence-electron chi connectivity index (χ3n) is 2.94. The van der Waals surface area contributed by atoms with Crippen LogP contribution in [0, 0.1) is 13.8 Å². The Hall–Kier alpha value is -1.52. The second-order valence-electron chi connectivity index (χ2n) is 4.62. The molecule has 104 valence electrons. The molecule has 0 atom stereocenters. The molecule has 2 aromatic rings. The molecule has 1 amide bonds. The third kappa shape index (κ3) is 3.14. The number of rotatable bonds is 2. The van der Waals surface area contributed by atoms with Crippen molar-refractivity contribution in [1.82, 2.24) is 0 Å². The van der Waals surface area contributed by atoms with Crippen LogP contribution in [-0.2, 0) is 0 Å². The molecule has 0 aliphatic heterocycles. The van der Waals surface area contributed by atoms with Crippen molar-refractivity contribution in [2.45, 2.75) is 13.8 Å². The monoisotopic (exact) mass is 352 g/mol. The highest BCUT2D eigenvalue weighted by Gasteiger charge is 2.13. The van der Waals surface area contributed by atoms with Crippen LogP contribution in [0.3, 0.4) is 0 Å². The summed E-state index contributed by atoms with van der Waals surface area (Å²) in [5, 5.41) is 3.43. The number of hydrogen-bond acceptors (Lipinski definition) is 2. The summed E-state index contributed by atoms with van der Waals surface area (Å²) in [7, 11) is 0. The molecule has 20 heavy (non-hydrogen) atoms. The Morgan fingerprint density at radius 1 is 1.25 bits per heavy atom. The third-order valence-corrected chi connectivity index (χ3v) is 3.80. The van der Waals surface area contributed by atoms with Crippen LogP contribution in [0.15, 0.2) is 34.8 Å². The molecule has 0 aliphatic carbocycles. The van der Waals surface area contributed by atoms with Crippen molar-refractivity contribution in [1.29, 1.82) is 0 Å². The molecule has 0 radical (unpaired) electrons. The Labute approximate surface area is 131 Å². The largest absolute Gasteiger partial charge is 0.397 e. The lowest BCUT2D eigenvalue weighted by Gasteiger charge is -2.12. The van der Waals surface area contributed by atoms with Crippen LogP contribution in [0.25, 0.3) is 0 Å². The van der Waals surface area contributed by atoms with Gasteiger partial charge in [-0.25, -0.2) is 0 Å². The van der Waals surface area contributed by atoms with Crippen molar-refractivity contribution >= 4 is 44.8 Å². The van der Waals surface area contributed by atoms with E-state index in [0.717, 1.165) is 15.6 Å². The summed E-state index contributed by atoms with van der Waals surface area (Å²) in [4.78, 5) is 12.3. The fourth-order valence-electron chi connectivity index (χ4n) is 1.96. The number of nitrogens with two attached hydrogens (primary N) is 1. The second-order valence-corrected chi connectivity index (χ2v) is 5.92. The lowest BCUT2D eigenvalue weighted by atomic mass is 10.1. The van der Waals surface area contributed by atoms with E-state index in [0.29, 0.717) is 22.0 Å². The Morgan fingerprint density at radius 3 is 2.55 bits per heavy atom. The summed E-state index contributed by atoms with van der Waals surface area (Å²) >= 11 is 9.30. The quantitative estimate of drug-likeness (QED) is 0.778. The van der Waals surface area contributed by atoms with Crippen molar-refractivity contribution in [3.8, 4) is 0 Å². The minimum Gasteiger partial charge on any atom is -0.397 e. The summed E-state index contributed by atoms with van der Waals surface area (Å²) in [5.74, 6) is -0.213. The first-order valence-corrected chi connectivity index (χ1v) is 7.18. The van der Waals surface area contributed by atoms with Crippen LogP contribution < -0.4 is 11.1 Å². The molecule has 0 heterocycles. The van der Waals surface area contributed by atoms with Crippen molar-refractivity contribution in [2.75, 3.05) is 11.1 Å². The van der Waals surface area contributed by atoms with Crippen LogP contribution in [-0.4, -0.2) is 5.91 Å². The number of carbonyl (C=O) groups excluding carboxylic acids is 1. The zero-order valence-corrected chi connectivity index (χ0v) is 13.5. The highest BCUT2D eigenvalue weighted by molar-refractivity contribution is 9.10. The van der Waals surface area contributed by atoms with E-state index in [4.69, 9.17) is 17.3 Å². The summed E-state index contributed by atoms with van der Waals surface area (Å²) in [6, 6.07) is 8.86. The minimum atomic E-state index is -0.213. The minimum absolute atomic E-state index is 0.213. The lowest BCUT2D eigenvalue weighted by Crippen LogP contribution is -2.15. The highest BCUT2D eigenvalue weighted by atomic mass is 79.9. The molecule has 2 rings (SSSR count). The molecule has 0 bridgehead atoms. The van der Waals surface area contributed by atoms with Gasteiger partial charge in [0.25, 0.3) is 5.91 Å². The van der Waals surface area contributed by atoms with E-state index in [2.05, 4.69) is 21.2 Å². The SMILES string of the molecule is Cc1cc(N)c(NC(=O)c2ccc(Cl)cc2C)c(Br)c1. The summed E-state index contributed by atoms with van der Waals surface area (Å²) in [5.41, 5.74) is 9.46. The van der Waals surface area contributed by atoms with E-state index in [1.165, 1.54) is 0 Å². The number of carbonyl (C=O) groups is 1. The van der Waals surface area contributed by atoms with E-state index in [1.807, 2.05) is 26.0 Å². The molecule has 0 aromatic heterocycles. The molecular weight excluding hydrogens is 340 g/mol. The van der Waals surface area contributed by atoms with Gasteiger partial charge in [-0.2, -0.15) is 0 Å². The molecule has 0 spiro atoms. The number of benzene rings is 2. The highest BCUT2D eigenvalue weighted by Crippen LogP contribution is 2.31. The number of hydrogen-bond donors (Lipinski definition) is 2. The van der Waals surface area contributed by atoms with Gasteiger partial charge in [0.05, 0.1) is 11.4 Å². The summed E-state index contributed by atoms with van der Waals surface area (Å²) < 4.78 is 0.759. The summed E-state index contributed by atoms with van der Waals surface area (Å²) in [6.07, 6.45) is 0. The maximum atomic E-state index is 12.3. The van der Waals surface area contributed by atoms with Gasteiger partial charge in [-0.05, 0) is 71.2 Å². The van der Waals surface area contributed by atoms with Gasteiger partial charge in [-0.1, -0.05) is 11.6 Å². The normalized spacial score (nSPS) is 10.4. The smallest absolute Gasteiger partial charge is 0.256 e. The zero-order valence-electron chi connectivity index (χ0n) is 11.1. The molecule has 0 saturated heterocycles. The van der Waals surface area contributed by atoms with Crippen molar-refractivity contribution in [3.05, 3.63) is 56.5 Å². The number of amides is 1. The Kier molecular flexibility index (Phi) is 4.35. The molecule has 3 nitrogen and oxygen atoms in total. The molecular formula is C15H14BrClN2O. The number of halogens is 2. The lowest BCUT2D eigenvalue weighted by molar-refractivity contribution is 0.102. The van der Waals surface area contributed by atoms with Crippen LogP contribution >= 0.6 is 27.5 Å². The van der Waals surface area contributed by atoms with E-state index in [1.54, 1.807) is 18.2 Å². The summed E-state index contributed by atoms with van der Waals surface area (Å²) in [6.45, 7) is 3.78. The van der Waals surface area contributed by atoms with Gasteiger partial charge < -0.3 is 11.1 Å². The van der Waals surface area contributed by atoms with Crippen LogP contribution in [0.5, 0.6) is 0 Å². The van der Waals surface area contributed by atoms with E-state index in [9.17, 15) is 4.79 Å². The van der Waals surface area contributed by atoms with Gasteiger partial charge >= 0.3 is 0 Å². The second kappa shape index (κ2) is 5.85. The average molecular weight is 354 g/mol. The van der Waals surface area contributed by atoms with Crippen molar-refractivity contribution in [2.24, 2.45) is 0 Å². The number of nitrogen functional groups attached to an aromatic ring is 1. The molecule has 2 aromatic carbocycles. The maximum Gasteiger partial charge on any atom is 0.256 e. The maximum absolute atomic E-state index is 12.3. The fourth-order valence-corrected chi connectivity index (χ4v) is 2.88. The van der Waals surface area contributed by atoms with Gasteiger partial charge in [0, 0.05) is 15.1 Å². The first-order valence-electron chi connectivity index (χ1n) is 6.01. The molecule has 0 saturated carbocycles. The van der Waals surface area contributed by atoms with E-state index >= 15 is 0 Å². The molecule has 0 fully saturated rings. The number of nitrogens with one attached hydrogen (secondary N) is 1.